The van der Waals surface area contributed by atoms with E-state index in [0.29, 0.717) is 0 Å². The summed E-state index contributed by atoms with van der Waals surface area (Å²) in [6.07, 6.45) is 4.61. The van der Waals surface area contributed by atoms with Crippen molar-refractivity contribution in [3.8, 4) is 11.1 Å². The quantitative estimate of drug-likeness (QED) is 0.187. The minimum atomic E-state index is 0.105. The summed E-state index contributed by atoms with van der Waals surface area (Å²) in [7, 11) is 0. The maximum absolute atomic E-state index is 6.66. The molecule has 0 radical (unpaired) electrons. The Labute approximate surface area is 290 Å². The average molecular weight is 644 g/mol. The van der Waals surface area contributed by atoms with Crippen molar-refractivity contribution in [2.24, 2.45) is 0 Å². The summed E-state index contributed by atoms with van der Waals surface area (Å²) in [6, 6.07) is 56.1. The molecule has 0 fully saturated rings. The van der Waals surface area contributed by atoms with Crippen molar-refractivity contribution in [2.75, 3.05) is 4.90 Å². The van der Waals surface area contributed by atoms with Crippen LogP contribution in [-0.4, -0.2) is 0 Å². The third-order valence-corrected chi connectivity index (χ3v) is 10.5. The molecule has 0 bridgehead atoms. The molecule has 50 heavy (non-hydrogen) atoms. The molecule has 3 nitrogen and oxygen atoms in total. The first-order valence-electron chi connectivity index (χ1n) is 17.3. The van der Waals surface area contributed by atoms with Crippen molar-refractivity contribution in [1.82, 2.24) is 0 Å². The summed E-state index contributed by atoms with van der Waals surface area (Å²) >= 11 is 0. The molecule has 10 rings (SSSR count). The molecular formula is C47H33NO2. The minimum Gasteiger partial charge on any atom is -0.460 e. The molecule has 0 spiro atoms. The van der Waals surface area contributed by atoms with Crippen molar-refractivity contribution >= 4 is 66.8 Å². The SMILES string of the molecule is CC1c2oc3ccccc3c2C=CC1c1ccccc1N(c1ccc(-c2ccc3ccccc3c2)cc1)c1cccc2c1oc1ccccc12. The summed E-state index contributed by atoms with van der Waals surface area (Å²) < 4.78 is 13.2. The topological polar surface area (TPSA) is 29.5 Å². The molecule has 238 valence electrons. The number of benzene rings is 7. The van der Waals surface area contributed by atoms with Crippen LogP contribution >= 0.6 is 0 Å². The van der Waals surface area contributed by atoms with Gasteiger partial charge in [0.15, 0.2) is 5.58 Å². The van der Waals surface area contributed by atoms with Crippen molar-refractivity contribution in [3.05, 3.63) is 181 Å². The number of furan rings is 2. The van der Waals surface area contributed by atoms with Gasteiger partial charge < -0.3 is 13.7 Å². The fourth-order valence-corrected chi connectivity index (χ4v) is 7.96. The van der Waals surface area contributed by atoms with Crippen LogP contribution in [0.25, 0.3) is 60.9 Å². The summed E-state index contributed by atoms with van der Waals surface area (Å²) in [5, 5.41) is 5.87. The van der Waals surface area contributed by atoms with Crippen molar-refractivity contribution in [1.29, 1.82) is 0 Å². The molecule has 2 heterocycles. The Morgan fingerprint density at radius 1 is 0.520 bits per heavy atom. The predicted molar refractivity (Wildman–Crippen MR) is 208 cm³/mol. The zero-order valence-corrected chi connectivity index (χ0v) is 27.6. The van der Waals surface area contributed by atoms with E-state index in [2.05, 4.69) is 170 Å². The van der Waals surface area contributed by atoms with Crippen LogP contribution in [0.3, 0.4) is 0 Å². The van der Waals surface area contributed by atoms with E-state index in [0.717, 1.165) is 50.3 Å². The molecule has 2 unspecified atom stereocenters. The Morgan fingerprint density at radius 2 is 1.18 bits per heavy atom. The Morgan fingerprint density at radius 3 is 2.04 bits per heavy atom. The van der Waals surface area contributed by atoms with Gasteiger partial charge >= 0.3 is 0 Å². The molecular weight excluding hydrogens is 611 g/mol. The smallest absolute Gasteiger partial charge is 0.159 e. The predicted octanol–water partition coefficient (Wildman–Crippen LogP) is 13.5. The molecule has 1 aliphatic carbocycles. The van der Waals surface area contributed by atoms with Gasteiger partial charge in [0, 0.05) is 39.2 Å². The Hall–Kier alpha value is -6.32. The van der Waals surface area contributed by atoms with E-state index in [4.69, 9.17) is 8.83 Å². The number of fused-ring (bicyclic) bond motifs is 7. The number of hydrogen-bond donors (Lipinski definition) is 0. The second-order valence-electron chi connectivity index (χ2n) is 13.3. The second kappa shape index (κ2) is 11.4. The molecule has 0 N–H and O–H groups in total. The van der Waals surface area contributed by atoms with Crippen LogP contribution in [0.1, 0.15) is 35.6 Å². The Balaban J connectivity index is 1.14. The first-order valence-corrected chi connectivity index (χ1v) is 17.3. The molecule has 0 saturated carbocycles. The van der Waals surface area contributed by atoms with Gasteiger partial charge in [0.05, 0.1) is 11.4 Å². The number of anilines is 3. The van der Waals surface area contributed by atoms with Crippen LogP contribution in [0.4, 0.5) is 17.1 Å². The summed E-state index contributed by atoms with van der Waals surface area (Å²) in [5.74, 6) is 1.29. The third kappa shape index (κ3) is 4.51. The van der Waals surface area contributed by atoms with Gasteiger partial charge in [-0.2, -0.15) is 0 Å². The van der Waals surface area contributed by atoms with E-state index in [9.17, 15) is 0 Å². The van der Waals surface area contributed by atoms with Gasteiger partial charge in [-0.05, 0) is 69.9 Å². The highest BCUT2D eigenvalue weighted by Gasteiger charge is 2.32. The first kappa shape index (κ1) is 28.7. The zero-order valence-electron chi connectivity index (χ0n) is 27.6. The molecule has 2 atom stereocenters. The van der Waals surface area contributed by atoms with E-state index in [-0.39, 0.29) is 11.8 Å². The number of rotatable bonds is 5. The standard InChI is InChI=1S/C47H33NO2/c1-30-36(27-28-41-39-15-6-8-19-44(39)49-46(30)41)37-13-4-7-17-42(37)48(43-18-10-16-40-38-14-5-9-20-45(38)50-47(40)43)35-25-23-32(24-26-35)34-22-21-31-11-2-3-12-33(31)29-34/h2-30,36H,1H3. The van der Waals surface area contributed by atoms with E-state index in [1.165, 1.54) is 38.4 Å². The summed E-state index contributed by atoms with van der Waals surface area (Å²) in [6.45, 7) is 2.29. The molecule has 0 aliphatic heterocycles. The van der Waals surface area contributed by atoms with Gasteiger partial charge in [-0.1, -0.05) is 134 Å². The average Bonchev–Trinajstić information content (AvgIpc) is 3.75. The fraction of sp³-hybridized carbons (Fsp3) is 0.0638. The van der Waals surface area contributed by atoms with Crippen LogP contribution in [0.2, 0.25) is 0 Å². The molecule has 3 heteroatoms. The molecule has 0 amide bonds. The molecule has 9 aromatic rings. The normalized spacial score (nSPS) is 15.6. The number of nitrogens with zero attached hydrogens (tertiary/aromatic N) is 1. The summed E-state index contributed by atoms with van der Waals surface area (Å²) in [4.78, 5) is 2.37. The number of hydrogen-bond acceptors (Lipinski definition) is 3. The minimum absolute atomic E-state index is 0.105. The molecule has 2 aromatic heterocycles. The zero-order chi connectivity index (χ0) is 33.2. The molecule has 1 aliphatic rings. The Kier molecular flexibility index (Phi) is 6.53. The van der Waals surface area contributed by atoms with Crippen LogP contribution in [0.15, 0.2) is 173 Å². The summed E-state index contributed by atoms with van der Waals surface area (Å²) in [5.41, 5.74) is 10.7. The van der Waals surface area contributed by atoms with Crippen LogP contribution < -0.4 is 4.90 Å². The van der Waals surface area contributed by atoms with Crippen molar-refractivity contribution < 1.29 is 8.83 Å². The lowest BCUT2D eigenvalue weighted by molar-refractivity contribution is 0.481. The maximum Gasteiger partial charge on any atom is 0.159 e. The van der Waals surface area contributed by atoms with Gasteiger partial charge in [0.25, 0.3) is 0 Å². The largest absolute Gasteiger partial charge is 0.460 e. The van der Waals surface area contributed by atoms with E-state index in [1.807, 2.05) is 12.1 Å². The second-order valence-corrected chi connectivity index (χ2v) is 13.3. The van der Waals surface area contributed by atoms with Crippen molar-refractivity contribution in [3.63, 3.8) is 0 Å². The van der Waals surface area contributed by atoms with E-state index < -0.39 is 0 Å². The third-order valence-electron chi connectivity index (χ3n) is 10.5. The van der Waals surface area contributed by atoms with Gasteiger partial charge in [0.2, 0.25) is 0 Å². The molecule has 0 saturated heterocycles. The highest BCUT2D eigenvalue weighted by Crippen LogP contribution is 2.49. The Bertz CT molecular complexity index is 2750. The van der Waals surface area contributed by atoms with Crippen LogP contribution in [0, 0.1) is 0 Å². The maximum atomic E-state index is 6.66. The number of allylic oxidation sites excluding steroid dienone is 1. The van der Waals surface area contributed by atoms with Gasteiger partial charge in [0.1, 0.15) is 16.9 Å². The highest BCUT2D eigenvalue weighted by atomic mass is 16.3. The van der Waals surface area contributed by atoms with Crippen LogP contribution in [0.5, 0.6) is 0 Å². The van der Waals surface area contributed by atoms with E-state index in [1.54, 1.807) is 0 Å². The van der Waals surface area contributed by atoms with Crippen LogP contribution in [-0.2, 0) is 0 Å². The molecule has 7 aromatic carbocycles. The number of para-hydroxylation sites is 4. The van der Waals surface area contributed by atoms with Gasteiger partial charge in [-0.3, -0.25) is 0 Å². The lowest BCUT2D eigenvalue weighted by atomic mass is 9.79. The van der Waals surface area contributed by atoms with Gasteiger partial charge in [-0.15, -0.1) is 0 Å². The monoisotopic (exact) mass is 643 g/mol. The lowest BCUT2D eigenvalue weighted by Crippen LogP contribution is -2.16. The van der Waals surface area contributed by atoms with Gasteiger partial charge in [-0.25, -0.2) is 0 Å². The van der Waals surface area contributed by atoms with E-state index >= 15 is 0 Å². The highest BCUT2D eigenvalue weighted by molar-refractivity contribution is 6.10. The fourth-order valence-electron chi connectivity index (χ4n) is 7.96. The first-order chi connectivity index (χ1) is 24.7. The van der Waals surface area contributed by atoms with Crippen molar-refractivity contribution in [2.45, 2.75) is 18.8 Å². The lowest BCUT2D eigenvalue weighted by Gasteiger charge is -2.32.